The Balaban J connectivity index is 1.75. The van der Waals surface area contributed by atoms with Gasteiger partial charge in [0.05, 0.1) is 12.7 Å². The van der Waals surface area contributed by atoms with Gasteiger partial charge in [-0.25, -0.2) is 4.79 Å². The molecule has 0 atom stereocenters. The second-order valence-electron chi connectivity index (χ2n) is 5.77. The van der Waals surface area contributed by atoms with E-state index in [9.17, 15) is 14.4 Å². The summed E-state index contributed by atoms with van der Waals surface area (Å²) in [4.78, 5) is 39.8. The number of aromatic nitrogens is 4. The molecule has 0 radical (unpaired) electrons. The fraction of sp³-hybridized carbons (Fsp3) is 0.176. The number of aryl methyl sites for hydroxylation is 2. The number of nitrogens with one attached hydrogen (secondary N) is 3. The zero-order chi connectivity index (χ0) is 18.0. The normalized spacial score (nSPS) is 10.6. The van der Waals surface area contributed by atoms with Crippen LogP contribution in [0.15, 0.2) is 46.2 Å². The van der Waals surface area contributed by atoms with Gasteiger partial charge in [-0.15, -0.1) is 0 Å². The number of carbonyl (C=O) groups is 1. The van der Waals surface area contributed by atoms with Gasteiger partial charge in [0, 0.05) is 17.5 Å². The Morgan fingerprint density at radius 2 is 1.88 bits per heavy atom. The van der Waals surface area contributed by atoms with Gasteiger partial charge in [0.25, 0.3) is 11.5 Å². The number of hydrogen-bond acceptors (Lipinski definition) is 4. The summed E-state index contributed by atoms with van der Waals surface area (Å²) in [6, 6.07) is 7.01. The third-order valence-corrected chi connectivity index (χ3v) is 3.69. The van der Waals surface area contributed by atoms with Gasteiger partial charge in [-0.05, 0) is 37.1 Å². The lowest BCUT2D eigenvalue weighted by Gasteiger charge is -2.08. The third-order valence-electron chi connectivity index (χ3n) is 3.69. The number of aromatic amines is 2. The van der Waals surface area contributed by atoms with Crippen molar-refractivity contribution in [1.82, 2.24) is 19.7 Å². The SMILES string of the molecule is Cc1cnn(Cc2ccc(C(=O)Nc3c(C)[nH]c(=O)[nH]c3=O)cc2)c1. The smallest absolute Gasteiger partial charge is 0.316 e. The highest BCUT2D eigenvalue weighted by Gasteiger charge is 2.12. The highest BCUT2D eigenvalue weighted by molar-refractivity contribution is 6.04. The van der Waals surface area contributed by atoms with Crippen molar-refractivity contribution in [2.45, 2.75) is 20.4 Å². The maximum atomic E-state index is 12.3. The number of benzene rings is 1. The monoisotopic (exact) mass is 339 g/mol. The highest BCUT2D eigenvalue weighted by Crippen LogP contribution is 2.10. The van der Waals surface area contributed by atoms with E-state index in [4.69, 9.17) is 0 Å². The molecular weight excluding hydrogens is 322 g/mol. The Hall–Kier alpha value is -3.42. The molecule has 8 nitrogen and oxygen atoms in total. The first-order valence-electron chi connectivity index (χ1n) is 7.65. The average Bonchev–Trinajstić information content (AvgIpc) is 2.96. The quantitative estimate of drug-likeness (QED) is 0.662. The van der Waals surface area contributed by atoms with Gasteiger partial charge in [-0.3, -0.25) is 19.3 Å². The highest BCUT2D eigenvalue weighted by atomic mass is 16.2. The topological polar surface area (TPSA) is 113 Å². The molecule has 25 heavy (non-hydrogen) atoms. The Kier molecular flexibility index (Phi) is 4.34. The summed E-state index contributed by atoms with van der Waals surface area (Å²) in [6.07, 6.45) is 3.72. The molecule has 0 bridgehead atoms. The third kappa shape index (κ3) is 3.74. The van der Waals surface area contributed by atoms with Crippen LogP contribution in [0.4, 0.5) is 5.69 Å². The van der Waals surface area contributed by atoms with E-state index in [-0.39, 0.29) is 5.69 Å². The van der Waals surface area contributed by atoms with Crippen molar-refractivity contribution in [2.24, 2.45) is 0 Å². The summed E-state index contributed by atoms with van der Waals surface area (Å²) in [7, 11) is 0. The van der Waals surface area contributed by atoms with E-state index < -0.39 is 17.2 Å². The van der Waals surface area contributed by atoms with Crippen molar-refractivity contribution >= 4 is 11.6 Å². The van der Waals surface area contributed by atoms with Crippen LogP contribution in [0.2, 0.25) is 0 Å². The van der Waals surface area contributed by atoms with Crippen LogP contribution >= 0.6 is 0 Å². The first-order chi connectivity index (χ1) is 11.9. The molecule has 0 spiro atoms. The molecule has 0 aliphatic heterocycles. The van der Waals surface area contributed by atoms with Crippen LogP contribution in [-0.2, 0) is 6.54 Å². The molecule has 0 aliphatic carbocycles. The Labute approximate surface area is 142 Å². The molecule has 2 aromatic heterocycles. The van der Waals surface area contributed by atoms with Gasteiger partial charge >= 0.3 is 5.69 Å². The van der Waals surface area contributed by atoms with Gasteiger partial charge in [-0.2, -0.15) is 5.10 Å². The Morgan fingerprint density at radius 1 is 1.16 bits per heavy atom. The zero-order valence-electron chi connectivity index (χ0n) is 13.8. The molecule has 3 N–H and O–H groups in total. The first-order valence-corrected chi connectivity index (χ1v) is 7.65. The largest absolute Gasteiger partial charge is 0.326 e. The van der Waals surface area contributed by atoms with E-state index >= 15 is 0 Å². The number of nitrogens with zero attached hydrogens (tertiary/aromatic N) is 2. The number of amides is 1. The van der Waals surface area contributed by atoms with Gasteiger partial charge < -0.3 is 10.3 Å². The lowest BCUT2D eigenvalue weighted by molar-refractivity contribution is 0.102. The molecule has 1 aromatic carbocycles. The number of H-pyrrole nitrogens is 2. The lowest BCUT2D eigenvalue weighted by atomic mass is 10.1. The fourth-order valence-electron chi connectivity index (χ4n) is 2.44. The number of carbonyl (C=O) groups excluding carboxylic acids is 1. The number of hydrogen-bond donors (Lipinski definition) is 3. The van der Waals surface area contributed by atoms with E-state index in [1.54, 1.807) is 25.3 Å². The van der Waals surface area contributed by atoms with Crippen LogP contribution in [0.5, 0.6) is 0 Å². The Morgan fingerprint density at radius 3 is 2.48 bits per heavy atom. The van der Waals surface area contributed by atoms with Crippen molar-refractivity contribution in [3.63, 3.8) is 0 Å². The minimum atomic E-state index is -0.639. The molecule has 3 rings (SSSR count). The van der Waals surface area contributed by atoms with Crippen molar-refractivity contribution in [3.8, 4) is 0 Å². The molecule has 0 saturated heterocycles. The molecule has 1 amide bonds. The zero-order valence-corrected chi connectivity index (χ0v) is 13.8. The van der Waals surface area contributed by atoms with E-state index in [1.165, 1.54) is 0 Å². The molecule has 8 heteroatoms. The fourth-order valence-corrected chi connectivity index (χ4v) is 2.44. The van der Waals surface area contributed by atoms with Crippen molar-refractivity contribution in [3.05, 3.63) is 79.9 Å². The molecule has 128 valence electrons. The molecule has 2 heterocycles. The summed E-state index contributed by atoms with van der Waals surface area (Å²) in [5, 5.41) is 6.75. The number of anilines is 1. The van der Waals surface area contributed by atoms with E-state index in [0.717, 1.165) is 11.1 Å². The summed E-state index contributed by atoms with van der Waals surface area (Å²) in [5.74, 6) is -0.429. The van der Waals surface area contributed by atoms with Crippen molar-refractivity contribution in [1.29, 1.82) is 0 Å². The predicted octanol–water partition coefficient (Wildman–Crippen LogP) is 1.18. The van der Waals surface area contributed by atoms with Crippen molar-refractivity contribution in [2.75, 3.05) is 5.32 Å². The van der Waals surface area contributed by atoms with Gasteiger partial charge in [0.15, 0.2) is 0 Å². The average molecular weight is 339 g/mol. The minimum absolute atomic E-state index is 0.0284. The number of rotatable bonds is 4. The van der Waals surface area contributed by atoms with E-state index in [2.05, 4.69) is 20.4 Å². The predicted molar refractivity (Wildman–Crippen MR) is 92.9 cm³/mol. The molecule has 0 unspecified atom stereocenters. The summed E-state index contributed by atoms with van der Waals surface area (Å²) < 4.78 is 1.81. The van der Waals surface area contributed by atoms with Crippen LogP contribution in [0.1, 0.15) is 27.2 Å². The first kappa shape index (κ1) is 16.4. The van der Waals surface area contributed by atoms with Crippen LogP contribution in [0.25, 0.3) is 0 Å². The summed E-state index contributed by atoms with van der Waals surface area (Å²) in [6.45, 7) is 4.12. The molecule has 0 saturated carbocycles. The standard InChI is InChI=1S/C17H17N5O3/c1-10-7-18-22(8-10)9-12-3-5-13(6-4-12)15(23)20-14-11(2)19-17(25)21-16(14)24/h3-8H,9H2,1-2H3,(H,20,23)(H2,19,21,24,25). The second-order valence-corrected chi connectivity index (χ2v) is 5.77. The van der Waals surface area contributed by atoms with Gasteiger partial charge in [0.2, 0.25) is 0 Å². The van der Waals surface area contributed by atoms with Crippen molar-refractivity contribution < 1.29 is 4.79 Å². The maximum Gasteiger partial charge on any atom is 0.326 e. The van der Waals surface area contributed by atoms with Crippen LogP contribution in [0, 0.1) is 13.8 Å². The molecule has 3 aromatic rings. The second kappa shape index (κ2) is 6.60. The van der Waals surface area contributed by atoms with E-state index in [1.807, 2.05) is 29.9 Å². The molecular formula is C17H17N5O3. The lowest BCUT2D eigenvalue weighted by Crippen LogP contribution is -2.28. The van der Waals surface area contributed by atoms with E-state index in [0.29, 0.717) is 17.8 Å². The maximum absolute atomic E-state index is 12.3. The Bertz CT molecular complexity index is 1030. The van der Waals surface area contributed by atoms with Gasteiger partial charge in [0.1, 0.15) is 5.69 Å². The van der Waals surface area contributed by atoms with Crippen LogP contribution < -0.4 is 16.6 Å². The minimum Gasteiger partial charge on any atom is -0.316 e. The summed E-state index contributed by atoms with van der Waals surface area (Å²) >= 11 is 0. The summed E-state index contributed by atoms with van der Waals surface area (Å²) in [5.41, 5.74) is 1.56. The molecule has 0 fully saturated rings. The molecule has 0 aliphatic rings. The van der Waals surface area contributed by atoms with Crippen LogP contribution in [-0.4, -0.2) is 25.7 Å². The van der Waals surface area contributed by atoms with Crippen LogP contribution in [0.3, 0.4) is 0 Å². The van der Waals surface area contributed by atoms with Gasteiger partial charge in [-0.1, -0.05) is 12.1 Å².